The van der Waals surface area contributed by atoms with Gasteiger partial charge < -0.3 is 0 Å². The first-order chi connectivity index (χ1) is 5.25. The van der Waals surface area contributed by atoms with E-state index < -0.39 is 11.8 Å². The molecule has 0 amide bonds. The summed E-state index contributed by atoms with van der Waals surface area (Å²) in [6.07, 6.45) is 1.31. The highest BCUT2D eigenvalue weighted by Crippen LogP contribution is 1.96. The SMILES string of the molecule is CCO[n+]1cccc(F)c1F. The van der Waals surface area contributed by atoms with Crippen LogP contribution in [-0.4, -0.2) is 6.61 Å². The summed E-state index contributed by atoms with van der Waals surface area (Å²) in [4.78, 5) is 4.72. The van der Waals surface area contributed by atoms with E-state index in [0.29, 0.717) is 6.61 Å². The molecule has 0 N–H and O–H groups in total. The first-order valence-electron chi connectivity index (χ1n) is 3.24. The highest BCUT2D eigenvalue weighted by molar-refractivity contribution is 4.89. The average molecular weight is 160 g/mol. The topological polar surface area (TPSA) is 13.1 Å². The van der Waals surface area contributed by atoms with Crippen molar-refractivity contribution in [2.24, 2.45) is 0 Å². The molecule has 0 saturated carbocycles. The lowest BCUT2D eigenvalue weighted by Gasteiger charge is -1.93. The highest BCUT2D eigenvalue weighted by atomic mass is 19.2. The molecule has 1 heterocycles. The standard InChI is InChI=1S/C7H8F2NO/c1-2-11-10-5-3-4-6(8)7(10)9/h3-5H,2H2,1H3/q+1. The molecule has 0 fully saturated rings. The monoisotopic (exact) mass is 160 g/mol. The lowest BCUT2D eigenvalue weighted by molar-refractivity contribution is -0.911. The second-order valence-electron chi connectivity index (χ2n) is 1.89. The van der Waals surface area contributed by atoms with Crippen molar-refractivity contribution in [3.8, 4) is 0 Å². The molecular weight excluding hydrogens is 152 g/mol. The minimum atomic E-state index is -1.01. The van der Waals surface area contributed by atoms with Crippen molar-refractivity contribution in [2.75, 3.05) is 6.61 Å². The Kier molecular flexibility index (Phi) is 2.36. The van der Waals surface area contributed by atoms with Gasteiger partial charge in [0.15, 0.2) is 6.61 Å². The molecule has 0 aliphatic heterocycles. The summed E-state index contributed by atoms with van der Waals surface area (Å²) in [5.41, 5.74) is 0. The Balaban J connectivity index is 2.96. The van der Waals surface area contributed by atoms with Gasteiger partial charge in [-0.25, -0.2) is 0 Å². The largest absolute Gasteiger partial charge is 0.444 e. The van der Waals surface area contributed by atoms with E-state index in [1.165, 1.54) is 12.3 Å². The fourth-order valence-electron chi connectivity index (χ4n) is 0.684. The lowest BCUT2D eigenvalue weighted by Crippen LogP contribution is -2.46. The van der Waals surface area contributed by atoms with Crippen LogP contribution in [0, 0.1) is 11.8 Å². The zero-order chi connectivity index (χ0) is 8.27. The van der Waals surface area contributed by atoms with Crippen LogP contribution in [0.4, 0.5) is 8.78 Å². The summed E-state index contributed by atoms with van der Waals surface area (Å²) in [6.45, 7) is 1.99. The molecule has 0 aliphatic rings. The molecule has 1 aromatic rings. The van der Waals surface area contributed by atoms with Gasteiger partial charge in [0, 0.05) is 10.8 Å². The van der Waals surface area contributed by atoms with Gasteiger partial charge in [0.25, 0.3) is 0 Å². The summed E-state index contributed by atoms with van der Waals surface area (Å²) < 4.78 is 25.8. The van der Waals surface area contributed by atoms with Crippen molar-refractivity contribution < 1.29 is 18.3 Å². The second kappa shape index (κ2) is 3.27. The molecule has 60 valence electrons. The number of nitrogens with zero attached hydrogens (tertiary/aromatic N) is 1. The van der Waals surface area contributed by atoms with Gasteiger partial charge in [-0.15, -0.1) is 4.39 Å². The Morgan fingerprint density at radius 2 is 2.27 bits per heavy atom. The van der Waals surface area contributed by atoms with Gasteiger partial charge in [-0.2, -0.15) is 4.39 Å². The molecule has 0 unspecified atom stereocenters. The van der Waals surface area contributed by atoms with E-state index in [1.54, 1.807) is 6.92 Å². The van der Waals surface area contributed by atoms with E-state index in [2.05, 4.69) is 0 Å². The predicted octanol–water partition coefficient (Wildman–Crippen LogP) is 0.701. The summed E-state index contributed by atoms with van der Waals surface area (Å²) in [5, 5.41) is 0. The molecule has 0 saturated heterocycles. The number of hydrogen-bond donors (Lipinski definition) is 0. The summed E-state index contributed by atoms with van der Waals surface area (Å²) in [6, 6.07) is 2.40. The van der Waals surface area contributed by atoms with Crippen LogP contribution in [0.25, 0.3) is 0 Å². The molecule has 0 aliphatic carbocycles. The van der Waals surface area contributed by atoms with Crippen LogP contribution in [-0.2, 0) is 0 Å². The maximum atomic E-state index is 12.7. The van der Waals surface area contributed by atoms with Gasteiger partial charge in [-0.1, -0.05) is 0 Å². The molecule has 0 aromatic carbocycles. The maximum absolute atomic E-state index is 12.7. The average Bonchev–Trinajstić information content (AvgIpc) is 1.99. The third-order valence-electron chi connectivity index (χ3n) is 1.12. The molecule has 0 radical (unpaired) electrons. The third kappa shape index (κ3) is 1.63. The van der Waals surface area contributed by atoms with Crippen LogP contribution in [0.5, 0.6) is 0 Å². The lowest BCUT2D eigenvalue weighted by atomic mass is 10.5. The first kappa shape index (κ1) is 7.91. The number of halogens is 2. The smallest absolute Gasteiger partial charge is 0.269 e. The minimum absolute atomic E-state index is 0.297. The number of pyridine rings is 1. The fraction of sp³-hybridized carbons (Fsp3) is 0.286. The molecule has 1 aromatic heterocycles. The summed E-state index contributed by atoms with van der Waals surface area (Å²) in [5.74, 6) is -1.92. The highest BCUT2D eigenvalue weighted by Gasteiger charge is 2.16. The number of aromatic nitrogens is 1. The minimum Gasteiger partial charge on any atom is -0.269 e. The van der Waals surface area contributed by atoms with Gasteiger partial charge in [0.05, 0.1) is 0 Å². The molecular formula is C7H8F2NO+. The van der Waals surface area contributed by atoms with Crippen LogP contribution in [0.1, 0.15) is 6.92 Å². The van der Waals surface area contributed by atoms with Gasteiger partial charge >= 0.3 is 5.95 Å². The zero-order valence-electron chi connectivity index (χ0n) is 6.05. The maximum Gasteiger partial charge on any atom is 0.444 e. The van der Waals surface area contributed by atoms with Crippen LogP contribution in [0.3, 0.4) is 0 Å². The van der Waals surface area contributed by atoms with Gasteiger partial charge in [0.2, 0.25) is 12.0 Å². The van der Waals surface area contributed by atoms with Crippen molar-refractivity contribution in [3.05, 3.63) is 30.1 Å². The number of hydrogen-bond acceptors (Lipinski definition) is 1. The molecule has 0 bridgehead atoms. The van der Waals surface area contributed by atoms with E-state index in [0.717, 1.165) is 10.8 Å². The van der Waals surface area contributed by atoms with E-state index in [-0.39, 0.29) is 0 Å². The summed E-state index contributed by atoms with van der Waals surface area (Å²) in [7, 11) is 0. The van der Waals surface area contributed by atoms with Crippen molar-refractivity contribution in [1.29, 1.82) is 0 Å². The van der Waals surface area contributed by atoms with E-state index in [4.69, 9.17) is 4.84 Å². The van der Waals surface area contributed by atoms with Crippen molar-refractivity contribution in [2.45, 2.75) is 6.92 Å². The fourth-order valence-corrected chi connectivity index (χ4v) is 0.684. The Morgan fingerprint density at radius 1 is 1.55 bits per heavy atom. The molecule has 0 atom stereocenters. The Morgan fingerprint density at radius 3 is 2.91 bits per heavy atom. The van der Waals surface area contributed by atoms with E-state index in [1.807, 2.05) is 0 Å². The predicted molar refractivity (Wildman–Crippen MR) is 33.7 cm³/mol. The molecule has 0 spiro atoms. The van der Waals surface area contributed by atoms with Gasteiger partial charge in [-0.3, -0.25) is 4.84 Å². The van der Waals surface area contributed by atoms with Crippen LogP contribution in [0.15, 0.2) is 18.3 Å². The quantitative estimate of drug-likeness (QED) is 0.458. The first-order valence-corrected chi connectivity index (χ1v) is 3.24. The Labute approximate surface area is 63.0 Å². The van der Waals surface area contributed by atoms with Crippen LogP contribution < -0.4 is 9.57 Å². The molecule has 4 heteroatoms. The van der Waals surface area contributed by atoms with Crippen molar-refractivity contribution in [3.63, 3.8) is 0 Å². The summed E-state index contributed by atoms with van der Waals surface area (Å²) >= 11 is 0. The van der Waals surface area contributed by atoms with Crippen molar-refractivity contribution in [1.82, 2.24) is 0 Å². The zero-order valence-corrected chi connectivity index (χ0v) is 6.05. The normalized spacial score (nSPS) is 9.73. The Bertz CT molecular complexity index is 252. The van der Waals surface area contributed by atoms with Gasteiger partial charge in [0.1, 0.15) is 0 Å². The van der Waals surface area contributed by atoms with Crippen LogP contribution in [0.2, 0.25) is 0 Å². The second-order valence-corrected chi connectivity index (χ2v) is 1.89. The van der Waals surface area contributed by atoms with Crippen molar-refractivity contribution >= 4 is 0 Å². The molecule has 1 rings (SSSR count). The Hall–Kier alpha value is -1.19. The van der Waals surface area contributed by atoms with Gasteiger partial charge in [-0.05, 0) is 13.0 Å². The third-order valence-corrected chi connectivity index (χ3v) is 1.12. The number of rotatable bonds is 2. The van der Waals surface area contributed by atoms with E-state index >= 15 is 0 Å². The molecule has 2 nitrogen and oxygen atoms in total. The van der Waals surface area contributed by atoms with E-state index in [9.17, 15) is 8.78 Å². The molecule has 11 heavy (non-hydrogen) atoms. The van der Waals surface area contributed by atoms with Crippen LogP contribution >= 0.6 is 0 Å².